The van der Waals surface area contributed by atoms with Gasteiger partial charge >= 0.3 is 0 Å². The maximum absolute atomic E-state index is 5.73. The number of ether oxygens (including phenoxy) is 1. The van der Waals surface area contributed by atoms with Gasteiger partial charge < -0.3 is 20.3 Å². The molecule has 0 aliphatic carbocycles. The molecule has 0 amide bonds. The Kier molecular flexibility index (Phi) is 5.94. The summed E-state index contributed by atoms with van der Waals surface area (Å²) in [5.74, 6) is 2.63. The van der Waals surface area contributed by atoms with E-state index in [0.717, 1.165) is 50.0 Å². The Bertz CT molecular complexity index is 665. The second-order valence-electron chi connectivity index (χ2n) is 7.03. The van der Waals surface area contributed by atoms with E-state index in [1.807, 2.05) is 33.2 Å². The summed E-state index contributed by atoms with van der Waals surface area (Å²) < 4.78 is 7.80. The highest BCUT2D eigenvalue weighted by Crippen LogP contribution is 2.18. The summed E-state index contributed by atoms with van der Waals surface area (Å²) in [7, 11) is 4.10. The van der Waals surface area contributed by atoms with Crippen molar-refractivity contribution < 1.29 is 4.74 Å². The third-order valence-corrected chi connectivity index (χ3v) is 4.40. The molecule has 6 nitrogen and oxygen atoms in total. The number of rotatable bonds is 8. The third kappa shape index (κ3) is 5.21. The minimum Gasteiger partial charge on any atom is -0.492 e. The topological polar surface area (TPSA) is 54.4 Å². The molecule has 2 N–H and O–H groups in total. The van der Waals surface area contributed by atoms with Gasteiger partial charge in [-0.15, -0.1) is 0 Å². The number of hydrogen-bond acceptors (Lipinski definition) is 5. The lowest BCUT2D eigenvalue weighted by atomic mass is 10.1. The normalized spacial score (nSPS) is 16.6. The molecule has 0 saturated heterocycles. The quantitative estimate of drug-likeness (QED) is 0.767. The number of benzene rings is 1. The number of fused-ring (bicyclic) bond motifs is 1. The Balaban J connectivity index is 1.39. The van der Waals surface area contributed by atoms with Gasteiger partial charge in [0.25, 0.3) is 0 Å². The Labute approximate surface area is 150 Å². The number of hydrogen-bond donors (Lipinski definition) is 2. The summed E-state index contributed by atoms with van der Waals surface area (Å²) in [4.78, 5) is 2.12. The van der Waals surface area contributed by atoms with Crippen molar-refractivity contribution in [1.29, 1.82) is 0 Å². The first-order valence-electron chi connectivity index (χ1n) is 8.95. The van der Waals surface area contributed by atoms with Gasteiger partial charge in [-0.05, 0) is 38.7 Å². The predicted molar refractivity (Wildman–Crippen MR) is 101 cm³/mol. The van der Waals surface area contributed by atoms with E-state index < -0.39 is 0 Å². The van der Waals surface area contributed by atoms with Crippen molar-refractivity contribution in [1.82, 2.24) is 20.0 Å². The van der Waals surface area contributed by atoms with Crippen molar-refractivity contribution in [2.24, 2.45) is 5.92 Å². The van der Waals surface area contributed by atoms with Crippen LogP contribution < -0.4 is 15.4 Å². The molecule has 1 aliphatic heterocycles. The summed E-state index contributed by atoms with van der Waals surface area (Å²) in [6, 6.07) is 10.5. The van der Waals surface area contributed by atoms with Gasteiger partial charge in [0.05, 0.1) is 5.69 Å². The van der Waals surface area contributed by atoms with Gasteiger partial charge in [0.2, 0.25) is 0 Å². The monoisotopic (exact) mass is 343 g/mol. The van der Waals surface area contributed by atoms with Gasteiger partial charge in [-0.3, -0.25) is 0 Å². The van der Waals surface area contributed by atoms with Crippen molar-refractivity contribution in [3.8, 4) is 5.75 Å². The van der Waals surface area contributed by atoms with E-state index in [0.29, 0.717) is 12.5 Å². The standard InChI is InChI=1S/C19H29N5O/c1-15-10-19-21-13-17(14-24(19)22-15)12-20-11-16-4-6-18(7-5-16)25-9-8-23(2)3/h4-7,10,17,20-21H,8-9,11-14H2,1-3H3/t17-/m1/s1. The predicted octanol–water partition coefficient (Wildman–Crippen LogP) is 1.96. The Morgan fingerprint density at radius 2 is 2.12 bits per heavy atom. The molecule has 0 radical (unpaired) electrons. The zero-order valence-electron chi connectivity index (χ0n) is 15.5. The minimum atomic E-state index is 0.556. The van der Waals surface area contributed by atoms with Crippen molar-refractivity contribution in [2.75, 3.05) is 45.7 Å². The van der Waals surface area contributed by atoms with Gasteiger partial charge in [-0.1, -0.05) is 12.1 Å². The third-order valence-electron chi connectivity index (χ3n) is 4.40. The Morgan fingerprint density at radius 1 is 1.32 bits per heavy atom. The molecular weight excluding hydrogens is 314 g/mol. The summed E-state index contributed by atoms with van der Waals surface area (Å²) in [6.07, 6.45) is 0. The molecule has 2 heterocycles. The van der Waals surface area contributed by atoms with Gasteiger partial charge in [0.1, 0.15) is 18.2 Å². The maximum atomic E-state index is 5.73. The SMILES string of the molecule is Cc1cc2n(n1)C[C@H](CNCc1ccc(OCCN(C)C)cc1)CN2. The van der Waals surface area contributed by atoms with E-state index >= 15 is 0 Å². The molecule has 1 aromatic heterocycles. The highest BCUT2D eigenvalue weighted by atomic mass is 16.5. The molecule has 6 heteroatoms. The highest BCUT2D eigenvalue weighted by molar-refractivity contribution is 5.38. The molecular formula is C19H29N5O. The average Bonchev–Trinajstić information content (AvgIpc) is 2.95. The van der Waals surface area contributed by atoms with Crippen LogP contribution in [0.5, 0.6) is 5.75 Å². The van der Waals surface area contributed by atoms with Crippen LogP contribution in [0.3, 0.4) is 0 Å². The largest absolute Gasteiger partial charge is 0.492 e. The molecule has 0 fully saturated rings. The van der Waals surface area contributed by atoms with Gasteiger partial charge in [0.15, 0.2) is 0 Å². The molecule has 136 valence electrons. The molecule has 0 bridgehead atoms. The van der Waals surface area contributed by atoms with Crippen LogP contribution in [0.15, 0.2) is 30.3 Å². The van der Waals surface area contributed by atoms with Crippen LogP contribution in [0.1, 0.15) is 11.3 Å². The number of likely N-dealkylation sites (N-methyl/N-ethyl adjacent to an activating group) is 1. The van der Waals surface area contributed by atoms with E-state index in [2.05, 4.69) is 43.5 Å². The van der Waals surface area contributed by atoms with Crippen LogP contribution in [0, 0.1) is 12.8 Å². The zero-order chi connectivity index (χ0) is 17.6. The fraction of sp³-hybridized carbons (Fsp3) is 0.526. The summed E-state index contributed by atoms with van der Waals surface area (Å²) >= 11 is 0. The van der Waals surface area contributed by atoms with Crippen LogP contribution in [-0.4, -0.2) is 55.0 Å². The second kappa shape index (κ2) is 8.36. The molecule has 1 aliphatic rings. The Hall–Kier alpha value is -2.05. The van der Waals surface area contributed by atoms with E-state index in [1.54, 1.807) is 0 Å². The average molecular weight is 343 g/mol. The van der Waals surface area contributed by atoms with Crippen molar-refractivity contribution >= 4 is 5.82 Å². The van der Waals surface area contributed by atoms with Crippen LogP contribution in [0.25, 0.3) is 0 Å². The van der Waals surface area contributed by atoms with Gasteiger partial charge in [-0.2, -0.15) is 5.10 Å². The molecule has 0 spiro atoms. The smallest absolute Gasteiger partial charge is 0.124 e. The number of nitrogens with zero attached hydrogens (tertiary/aromatic N) is 3. The van der Waals surface area contributed by atoms with Crippen LogP contribution in [-0.2, 0) is 13.1 Å². The summed E-state index contributed by atoms with van der Waals surface area (Å²) in [6.45, 7) is 7.50. The molecule has 0 saturated carbocycles. The highest BCUT2D eigenvalue weighted by Gasteiger charge is 2.18. The van der Waals surface area contributed by atoms with Crippen LogP contribution in [0.4, 0.5) is 5.82 Å². The first-order valence-corrected chi connectivity index (χ1v) is 8.95. The second-order valence-corrected chi connectivity index (χ2v) is 7.03. The van der Waals surface area contributed by atoms with Crippen molar-refractivity contribution in [3.63, 3.8) is 0 Å². The van der Waals surface area contributed by atoms with E-state index in [-0.39, 0.29) is 0 Å². The molecule has 0 unspecified atom stereocenters. The fourth-order valence-electron chi connectivity index (χ4n) is 2.99. The number of anilines is 1. The van der Waals surface area contributed by atoms with Gasteiger partial charge in [0, 0.05) is 44.7 Å². The zero-order valence-corrected chi connectivity index (χ0v) is 15.5. The maximum Gasteiger partial charge on any atom is 0.124 e. The Morgan fingerprint density at radius 3 is 2.88 bits per heavy atom. The molecule has 25 heavy (non-hydrogen) atoms. The minimum absolute atomic E-state index is 0.556. The molecule has 3 rings (SSSR count). The van der Waals surface area contributed by atoms with Crippen LogP contribution >= 0.6 is 0 Å². The number of nitrogens with one attached hydrogen (secondary N) is 2. The summed E-state index contributed by atoms with van der Waals surface area (Å²) in [5.41, 5.74) is 2.35. The number of aryl methyl sites for hydroxylation is 1. The lowest BCUT2D eigenvalue weighted by molar-refractivity contribution is 0.261. The lowest BCUT2D eigenvalue weighted by Gasteiger charge is -2.25. The summed E-state index contributed by atoms with van der Waals surface area (Å²) in [5, 5.41) is 11.5. The lowest BCUT2D eigenvalue weighted by Crippen LogP contribution is -2.35. The van der Waals surface area contributed by atoms with Gasteiger partial charge in [-0.25, -0.2) is 4.68 Å². The van der Waals surface area contributed by atoms with Crippen molar-refractivity contribution in [2.45, 2.75) is 20.0 Å². The van der Waals surface area contributed by atoms with E-state index in [9.17, 15) is 0 Å². The molecule has 2 aromatic rings. The fourth-order valence-corrected chi connectivity index (χ4v) is 2.99. The van der Waals surface area contributed by atoms with E-state index in [4.69, 9.17) is 4.74 Å². The molecule has 1 atom stereocenters. The van der Waals surface area contributed by atoms with Crippen LogP contribution in [0.2, 0.25) is 0 Å². The number of aromatic nitrogens is 2. The first-order chi connectivity index (χ1) is 12.1. The van der Waals surface area contributed by atoms with E-state index in [1.165, 1.54) is 5.56 Å². The first kappa shape index (κ1) is 17.8. The molecule has 1 aromatic carbocycles. The van der Waals surface area contributed by atoms with Crippen molar-refractivity contribution in [3.05, 3.63) is 41.6 Å².